The number of thiazole rings is 1. The van der Waals surface area contributed by atoms with Gasteiger partial charge in [-0.3, -0.25) is 0 Å². The van der Waals surface area contributed by atoms with Crippen molar-refractivity contribution in [2.75, 3.05) is 25.1 Å². The third-order valence-electron chi connectivity index (χ3n) is 4.66. The Hall–Kier alpha value is -2.87. The number of nitrogens with two attached hydrogens (primary N) is 1. The maximum Gasteiger partial charge on any atom is 0.188 e. The summed E-state index contributed by atoms with van der Waals surface area (Å²) in [4.78, 5) is 12.2. The maximum absolute atomic E-state index is 5.97. The second-order valence-electron chi connectivity index (χ2n) is 6.79. The molecule has 31 heavy (non-hydrogen) atoms. The summed E-state index contributed by atoms with van der Waals surface area (Å²) in [5.41, 5.74) is 8.98. The number of pyridine rings is 1. The zero-order chi connectivity index (χ0) is 20.8. The van der Waals surface area contributed by atoms with Crippen LogP contribution in [0.3, 0.4) is 0 Å². The highest BCUT2D eigenvalue weighted by Gasteiger charge is 2.14. The standard InChI is InChI=1S/C23H24N4O2S.ClH/c1-28-21-14-18(9-10-20(21)29-16-17-6-3-2-4-7-17)15-27(13-11-24)23-26-19-8-5-12-25-22(19)30-23;/h2-10,12,14H,11,13,15-16,24H2,1H3;1H. The van der Waals surface area contributed by atoms with Crippen LogP contribution in [0.4, 0.5) is 5.13 Å². The molecule has 0 aliphatic heterocycles. The molecule has 0 bridgehead atoms. The minimum Gasteiger partial charge on any atom is -0.493 e. The van der Waals surface area contributed by atoms with Gasteiger partial charge < -0.3 is 20.1 Å². The Morgan fingerprint density at radius 3 is 2.58 bits per heavy atom. The fourth-order valence-corrected chi connectivity index (χ4v) is 4.11. The number of nitrogens with zero attached hydrogens (tertiary/aromatic N) is 3. The Morgan fingerprint density at radius 2 is 1.84 bits per heavy atom. The molecular formula is C23H25ClN4O2S. The van der Waals surface area contributed by atoms with Gasteiger partial charge in [-0.25, -0.2) is 9.97 Å². The molecule has 0 aliphatic rings. The highest BCUT2D eigenvalue weighted by atomic mass is 35.5. The van der Waals surface area contributed by atoms with E-state index < -0.39 is 0 Å². The van der Waals surface area contributed by atoms with Crippen molar-refractivity contribution >= 4 is 39.2 Å². The Bertz CT molecular complexity index is 1070. The summed E-state index contributed by atoms with van der Waals surface area (Å²) in [6, 6.07) is 20.0. The summed E-state index contributed by atoms with van der Waals surface area (Å²) in [6.45, 7) is 2.41. The van der Waals surface area contributed by atoms with E-state index >= 15 is 0 Å². The molecule has 0 atom stereocenters. The van der Waals surface area contributed by atoms with Crippen molar-refractivity contribution in [1.82, 2.24) is 9.97 Å². The lowest BCUT2D eigenvalue weighted by molar-refractivity contribution is 0.284. The van der Waals surface area contributed by atoms with Gasteiger partial charge in [-0.1, -0.05) is 47.7 Å². The van der Waals surface area contributed by atoms with Crippen LogP contribution in [0.1, 0.15) is 11.1 Å². The number of hydrogen-bond acceptors (Lipinski definition) is 7. The zero-order valence-corrected chi connectivity index (χ0v) is 18.9. The molecule has 0 unspecified atom stereocenters. The minimum absolute atomic E-state index is 0. The number of benzene rings is 2. The zero-order valence-electron chi connectivity index (χ0n) is 17.2. The summed E-state index contributed by atoms with van der Waals surface area (Å²) in [5, 5.41) is 0.914. The van der Waals surface area contributed by atoms with Crippen molar-refractivity contribution in [3.63, 3.8) is 0 Å². The monoisotopic (exact) mass is 456 g/mol. The minimum atomic E-state index is 0. The van der Waals surface area contributed by atoms with E-state index in [0.29, 0.717) is 32.0 Å². The van der Waals surface area contributed by atoms with E-state index in [9.17, 15) is 0 Å². The summed E-state index contributed by atoms with van der Waals surface area (Å²) < 4.78 is 11.5. The topological polar surface area (TPSA) is 73.5 Å². The Balaban J connectivity index is 0.00000272. The number of ether oxygens (including phenoxy) is 2. The summed E-state index contributed by atoms with van der Waals surface area (Å²) in [5.74, 6) is 1.43. The summed E-state index contributed by atoms with van der Waals surface area (Å²) >= 11 is 1.58. The molecular weight excluding hydrogens is 432 g/mol. The number of hydrogen-bond donors (Lipinski definition) is 1. The van der Waals surface area contributed by atoms with Gasteiger partial charge in [0.05, 0.1) is 7.11 Å². The molecule has 0 radical (unpaired) electrons. The number of rotatable bonds is 9. The molecule has 0 amide bonds. The van der Waals surface area contributed by atoms with E-state index in [1.807, 2.05) is 54.6 Å². The van der Waals surface area contributed by atoms with Gasteiger partial charge in [-0.2, -0.15) is 0 Å². The maximum atomic E-state index is 5.97. The molecule has 2 heterocycles. The number of methoxy groups -OCH3 is 1. The van der Waals surface area contributed by atoms with Crippen LogP contribution in [0.15, 0.2) is 66.9 Å². The highest BCUT2D eigenvalue weighted by Crippen LogP contribution is 2.31. The molecule has 0 aliphatic carbocycles. The third kappa shape index (κ3) is 5.64. The van der Waals surface area contributed by atoms with Crippen LogP contribution in [0.25, 0.3) is 10.3 Å². The molecule has 2 aromatic carbocycles. The average molecular weight is 457 g/mol. The van der Waals surface area contributed by atoms with Crippen molar-refractivity contribution < 1.29 is 9.47 Å². The number of halogens is 1. The Morgan fingerprint density at radius 1 is 1.00 bits per heavy atom. The van der Waals surface area contributed by atoms with Gasteiger partial charge >= 0.3 is 0 Å². The van der Waals surface area contributed by atoms with Crippen LogP contribution in [-0.4, -0.2) is 30.2 Å². The molecule has 162 valence electrons. The summed E-state index contributed by atoms with van der Waals surface area (Å²) in [6.07, 6.45) is 1.79. The largest absolute Gasteiger partial charge is 0.493 e. The molecule has 6 nitrogen and oxygen atoms in total. The van der Waals surface area contributed by atoms with E-state index in [2.05, 4.69) is 16.0 Å². The lowest BCUT2D eigenvalue weighted by Gasteiger charge is -2.21. The SMILES string of the molecule is COc1cc(CN(CCN)c2nc3cccnc3s2)ccc1OCc1ccccc1.Cl. The van der Waals surface area contributed by atoms with Crippen molar-refractivity contribution in [2.45, 2.75) is 13.2 Å². The van der Waals surface area contributed by atoms with Gasteiger partial charge in [0.1, 0.15) is 17.0 Å². The van der Waals surface area contributed by atoms with Gasteiger partial charge in [0.2, 0.25) is 0 Å². The Labute approximate surface area is 192 Å². The van der Waals surface area contributed by atoms with Crippen LogP contribution < -0.4 is 20.1 Å². The second kappa shape index (κ2) is 10.9. The van der Waals surface area contributed by atoms with Crippen LogP contribution in [0.5, 0.6) is 11.5 Å². The van der Waals surface area contributed by atoms with Crippen molar-refractivity contribution in [3.8, 4) is 11.5 Å². The van der Waals surface area contributed by atoms with Gasteiger partial charge in [-0.05, 0) is 35.4 Å². The third-order valence-corrected chi connectivity index (χ3v) is 5.70. The van der Waals surface area contributed by atoms with Crippen LogP contribution in [0, 0.1) is 0 Å². The number of aromatic nitrogens is 2. The van der Waals surface area contributed by atoms with Gasteiger partial charge in [0, 0.05) is 25.8 Å². The normalized spacial score (nSPS) is 10.5. The number of anilines is 1. The van der Waals surface area contributed by atoms with Crippen LogP contribution in [0.2, 0.25) is 0 Å². The summed E-state index contributed by atoms with van der Waals surface area (Å²) in [7, 11) is 1.66. The lowest BCUT2D eigenvalue weighted by Crippen LogP contribution is -2.28. The van der Waals surface area contributed by atoms with E-state index in [0.717, 1.165) is 32.4 Å². The highest BCUT2D eigenvalue weighted by molar-refractivity contribution is 7.21. The fraction of sp³-hybridized carbons (Fsp3) is 0.217. The molecule has 4 rings (SSSR count). The molecule has 2 N–H and O–H groups in total. The van der Waals surface area contributed by atoms with Crippen LogP contribution >= 0.6 is 23.7 Å². The van der Waals surface area contributed by atoms with Crippen molar-refractivity contribution in [1.29, 1.82) is 0 Å². The molecule has 0 spiro atoms. The predicted molar refractivity (Wildman–Crippen MR) is 129 cm³/mol. The fourth-order valence-electron chi connectivity index (χ4n) is 3.18. The van der Waals surface area contributed by atoms with E-state index in [1.165, 1.54) is 0 Å². The van der Waals surface area contributed by atoms with E-state index in [-0.39, 0.29) is 12.4 Å². The van der Waals surface area contributed by atoms with Gasteiger partial charge in [-0.15, -0.1) is 12.4 Å². The average Bonchev–Trinajstić information content (AvgIpc) is 3.23. The van der Waals surface area contributed by atoms with Crippen LogP contribution in [-0.2, 0) is 13.2 Å². The molecule has 8 heteroatoms. The molecule has 0 saturated heterocycles. The Kier molecular flexibility index (Phi) is 8.06. The quantitative estimate of drug-likeness (QED) is 0.394. The molecule has 4 aromatic rings. The first-order valence-electron chi connectivity index (χ1n) is 9.77. The van der Waals surface area contributed by atoms with Gasteiger partial charge in [0.15, 0.2) is 16.6 Å². The first-order chi connectivity index (χ1) is 14.8. The van der Waals surface area contributed by atoms with Gasteiger partial charge in [0.25, 0.3) is 0 Å². The molecule has 0 fully saturated rings. The van der Waals surface area contributed by atoms with Crippen molar-refractivity contribution in [2.24, 2.45) is 5.73 Å². The first kappa shape index (κ1) is 22.8. The smallest absolute Gasteiger partial charge is 0.188 e. The lowest BCUT2D eigenvalue weighted by atomic mass is 10.2. The predicted octanol–water partition coefficient (Wildman–Crippen LogP) is 4.67. The van der Waals surface area contributed by atoms with E-state index in [1.54, 1.807) is 24.6 Å². The van der Waals surface area contributed by atoms with E-state index in [4.69, 9.17) is 20.2 Å². The second-order valence-corrected chi connectivity index (χ2v) is 7.75. The van der Waals surface area contributed by atoms with Crippen molar-refractivity contribution in [3.05, 3.63) is 78.0 Å². The first-order valence-corrected chi connectivity index (χ1v) is 10.6. The molecule has 0 saturated carbocycles. The number of fused-ring (bicyclic) bond motifs is 1. The molecule has 2 aromatic heterocycles.